The molecule has 2 aromatic carbocycles. The molecule has 7 heteroatoms. The lowest BCUT2D eigenvalue weighted by Gasteiger charge is -2.15. The number of carbonyl (C=O) groups is 1. The summed E-state index contributed by atoms with van der Waals surface area (Å²) in [7, 11) is 0. The van der Waals surface area contributed by atoms with Crippen LogP contribution >= 0.6 is 11.6 Å². The van der Waals surface area contributed by atoms with E-state index >= 15 is 0 Å². The van der Waals surface area contributed by atoms with Gasteiger partial charge in [-0.25, -0.2) is 9.38 Å². The normalized spacial score (nSPS) is 17.0. The Bertz CT molecular complexity index is 851. The van der Waals surface area contributed by atoms with Gasteiger partial charge in [0.05, 0.1) is 12.6 Å². The fraction of sp³-hybridized carbons (Fsp3) is 0.300. The zero-order valence-electron chi connectivity index (χ0n) is 15.0. The number of nitrogens with one attached hydrogen (secondary N) is 2. The molecule has 27 heavy (non-hydrogen) atoms. The number of hydrogen-bond donors (Lipinski definition) is 2. The Balaban J connectivity index is 1.79. The summed E-state index contributed by atoms with van der Waals surface area (Å²) in [5.41, 5.74) is 1.78. The van der Waals surface area contributed by atoms with Crippen molar-refractivity contribution in [3.8, 4) is 0 Å². The Morgan fingerprint density at radius 3 is 2.89 bits per heavy atom. The molecule has 2 aromatic rings. The number of benzene rings is 2. The Morgan fingerprint density at radius 2 is 2.15 bits per heavy atom. The van der Waals surface area contributed by atoms with Gasteiger partial charge < -0.3 is 10.1 Å². The van der Waals surface area contributed by atoms with Crippen LogP contribution in [0.1, 0.15) is 28.8 Å². The van der Waals surface area contributed by atoms with E-state index in [-0.39, 0.29) is 17.6 Å². The molecule has 0 aliphatic carbocycles. The van der Waals surface area contributed by atoms with Crippen LogP contribution < -0.4 is 10.6 Å². The molecular formula is C20H21ClFN3O2. The summed E-state index contributed by atoms with van der Waals surface area (Å²) < 4.78 is 19.0. The van der Waals surface area contributed by atoms with E-state index in [1.54, 1.807) is 12.1 Å². The first-order valence-corrected chi connectivity index (χ1v) is 9.16. The Morgan fingerprint density at radius 1 is 1.33 bits per heavy atom. The van der Waals surface area contributed by atoms with Gasteiger partial charge in [0.2, 0.25) is 5.96 Å². The summed E-state index contributed by atoms with van der Waals surface area (Å²) in [5.74, 6) is -0.656. The number of amides is 1. The van der Waals surface area contributed by atoms with Gasteiger partial charge in [-0.2, -0.15) is 0 Å². The maximum Gasteiger partial charge on any atom is 0.258 e. The van der Waals surface area contributed by atoms with Gasteiger partial charge in [0.25, 0.3) is 5.91 Å². The molecule has 1 heterocycles. The summed E-state index contributed by atoms with van der Waals surface area (Å²) in [5, 5.41) is 6.43. The Labute approximate surface area is 162 Å². The molecule has 0 radical (unpaired) electrons. The molecule has 1 fully saturated rings. The average Bonchev–Trinajstić information content (AvgIpc) is 3.17. The second-order valence-corrected chi connectivity index (χ2v) is 6.73. The molecule has 1 aliphatic rings. The quantitative estimate of drug-likeness (QED) is 0.609. The van der Waals surface area contributed by atoms with Crippen LogP contribution in [0.3, 0.4) is 0 Å². The van der Waals surface area contributed by atoms with E-state index in [9.17, 15) is 9.18 Å². The Kier molecular flexibility index (Phi) is 6.42. The highest BCUT2D eigenvalue weighted by Crippen LogP contribution is 2.23. The molecule has 1 saturated heterocycles. The summed E-state index contributed by atoms with van der Waals surface area (Å²) in [6.07, 6.45) is 1.98. The second kappa shape index (κ2) is 8.97. The molecule has 1 aliphatic heterocycles. The molecule has 5 nitrogen and oxygen atoms in total. The van der Waals surface area contributed by atoms with Crippen molar-refractivity contribution >= 4 is 29.2 Å². The number of carbonyl (C=O) groups excluding carboxylic acids is 1. The van der Waals surface area contributed by atoms with Crippen molar-refractivity contribution in [1.29, 1.82) is 0 Å². The van der Waals surface area contributed by atoms with E-state index in [4.69, 9.17) is 16.3 Å². The number of anilines is 1. The fourth-order valence-electron chi connectivity index (χ4n) is 2.77. The van der Waals surface area contributed by atoms with Crippen molar-refractivity contribution < 1.29 is 13.9 Å². The van der Waals surface area contributed by atoms with Crippen molar-refractivity contribution in [2.75, 3.05) is 18.5 Å². The van der Waals surface area contributed by atoms with Gasteiger partial charge in [-0.3, -0.25) is 10.1 Å². The van der Waals surface area contributed by atoms with Crippen LogP contribution in [0.2, 0.25) is 5.02 Å². The van der Waals surface area contributed by atoms with Crippen LogP contribution in [0.25, 0.3) is 0 Å². The van der Waals surface area contributed by atoms with Gasteiger partial charge in [0.1, 0.15) is 5.82 Å². The highest BCUT2D eigenvalue weighted by atomic mass is 35.5. The summed E-state index contributed by atoms with van der Waals surface area (Å²) >= 11 is 6.17. The number of hydrogen-bond acceptors (Lipinski definition) is 3. The first kappa shape index (κ1) is 19.3. The highest BCUT2D eigenvalue weighted by Gasteiger charge is 2.16. The molecule has 0 bridgehead atoms. The number of ether oxygens (including phenoxy) is 1. The minimum absolute atomic E-state index is 0.0355. The van der Waals surface area contributed by atoms with Crippen molar-refractivity contribution in [3.63, 3.8) is 0 Å². The van der Waals surface area contributed by atoms with E-state index < -0.39 is 11.7 Å². The van der Waals surface area contributed by atoms with Gasteiger partial charge in [0, 0.05) is 22.9 Å². The number of guanidine groups is 1. The summed E-state index contributed by atoms with van der Waals surface area (Å²) in [4.78, 5) is 17.0. The van der Waals surface area contributed by atoms with Gasteiger partial charge in [-0.05, 0) is 55.7 Å². The Hall–Kier alpha value is -2.44. The lowest BCUT2D eigenvalue weighted by Crippen LogP contribution is -2.37. The molecule has 0 spiro atoms. The van der Waals surface area contributed by atoms with Crippen LogP contribution in [0.4, 0.5) is 10.1 Å². The lowest BCUT2D eigenvalue weighted by molar-refractivity contribution is 0.0975. The zero-order valence-corrected chi connectivity index (χ0v) is 15.7. The van der Waals surface area contributed by atoms with E-state index in [1.165, 1.54) is 18.2 Å². The van der Waals surface area contributed by atoms with Crippen LogP contribution in [-0.2, 0) is 4.74 Å². The largest absolute Gasteiger partial charge is 0.376 e. The monoisotopic (exact) mass is 389 g/mol. The third-order valence-electron chi connectivity index (χ3n) is 4.32. The van der Waals surface area contributed by atoms with Gasteiger partial charge in [-0.1, -0.05) is 23.7 Å². The van der Waals surface area contributed by atoms with Crippen LogP contribution in [0.5, 0.6) is 0 Å². The molecule has 0 unspecified atom stereocenters. The van der Waals surface area contributed by atoms with Crippen molar-refractivity contribution in [1.82, 2.24) is 5.32 Å². The van der Waals surface area contributed by atoms with E-state index in [2.05, 4.69) is 15.6 Å². The third-order valence-corrected chi connectivity index (χ3v) is 4.73. The van der Waals surface area contributed by atoms with Crippen LogP contribution in [-0.4, -0.2) is 31.1 Å². The fourth-order valence-corrected chi connectivity index (χ4v) is 2.95. The lowest BCUT2D eigenvalue weighted by atomic mass is 10.2. The average molecular weight is 390 g/mol. The predicted molar refractivity (Wildman–Crippen MR) is 105 cm³/mol. The molecule has 3 rings (SSSR count). The highest BCUT2D eigenvalue weighted by molar-refractivity contribution is 6.31. The molecule has 0 aromatic heterocycles. The summed E-state index contributed by atoms with van der Waals surface area (Å²) in [6.45, 7) is 3.02. The van der Waals surface area contributed by atoms with Crippen molar-refractivity contribution in [2.45, 2.75) is 25.9 Å². The zero-order chi connectivity index (χ0) is 19.2. The SMILES string of the molecule is Cc1c(Cl)cccc1NC(=NC[C@@H]1CCCO1)NC(=O)c1cccc(F)c1. The molecule has 1 amide bonds. The second-order valence-electron chi connectivity index (χ2n) is 6.33. The van der Waals surface area contributed by atoms with Crippen LogP contribution in [0, 0.1) is 12.7 Å². The molecule has 2 N–H and O–H groups in total. The van der Waals surface area contributed by atoms with Gasteiger partial charge in [-0.15, -0.1) is 0 Å². The smallest absolute Gasteiger partial charge is 0.258 e. The molecular weight excluding hydrogens is 369 g/mol. The van der Waals surface area contributed by atoms with Crippen LogP contribution in [0.15, 0.2) is 47.5 Å². The maximum atomic E-state index is 13.4. The predicted octanol–water partition coefficient (Wildman–Crippen LogP) is 4.16. The first-order valence-electron chi connectivity index (χ1n) is 8.78. The standard InChI is InChI=1S/C20H21ClFN3O2/c1-13-17(21)8-3-9-18(13)24-20(23-12-16-7-4-10-27-16)25-19(26)14-5-2-6-15(22)11-14/h2-3,5-6,8-9,11,16H,4,7,10,12H2,1H3,(H2,23,24,25,26)/t16-/m0/s1. The minimum Gasteiger partial charge on any atom is -0.376 e. The molecule has 142 valence electrons. The van der Waals surface area contributed by atoms with Gasteiger partial charge in [0.15, 0.2) is 0 Å². The number of aliphatic imine (C=N–C) groups is 1. The minimum atomic E-state index is -0.473. The maximum absolute atomic E-state index is 13.4. The molecule has 0 saturated carbocycles. The van der Waals surface area contributed by atoms with E-state index in [1.807, 2.05) is 19.1 Å². The third kappa shape index (κ3) is 5.28. The first-order chi connectivity index (χ1) is 13.0. The van der Waals surface area contributed by atoms with Gasteiger partial charge >= 0.3 is 0 Å². The van der Waals surface area contributed by atoms with E-state index in [0.29, 0.717) is 11.6 Å². The number of halogens is 2. The van der Waals surface area contributed by atoms with Crippen molar-refractivity contribution in [2.24, 2.45) is 4.99 Å². The summed E-state index contributed by atoms with van der Waals surface area (Å²) in [6, 6.07) is 10.9. The number of rotatable bonds is 4. The number of nitrogens with zero attached hydrogens (tertiary/aromatic N) is 1. The van der Waals surface area contributed by atoms with Crippen molar-refractivity contribution in [3.05, 3.63) is 64.4 Å². The topological polar surface area (TPSA) is 62.7 Å². The molecule has 1 atom stereocenters. The van der Waals surface area contributed by atoms with E-state index in [0.717, 1.165) is 30.7 Å².